The average molecular weight is 374 g/mol. The maximum absolute atomic E-state index is 12.6. The number of carbonyl (C=O) groups is 2. The zero-order chi connectivity index (χ0) is 18.6. The van der Waals surface area contributed by atoms with Crippen molar-refractivity contribution in [3.8, 4) is 0 Å². The minimum Gasteiger partial charge on any atom is -0.549 e. The molecule has 0 radical (unpaired) electrons. The van der Waals surface area contributed by atoms with Crippen LogP contribution in [0, 0.1) is 0 Å². The van der Waals surface area contributed by atoms with Gasteiger partial charge in [-0.15, -0.1) is 10.2 Å². The highest BCUT2D eigenvalue weighted by Crippen LogP contribution is 2.29. The molecule has 0 aliphatic rings. The van der Waals surface area contributed by atoms with E-state index in [-0.39, 0.29) is 23.2 Å². The van der Waals surface area contributed by atoms with Gasteiger partial charge in [-0.1, -0.05) is 17.8 Å². The molecule has 0 fully saturated rings. The monoisotopic (exact) mass is 374 g/mol. The zero-order valence-electron chi connectivity index (χ0n) is 12.7. The van der Waals surface area contributed by atoms with E-state index in [1.54, 1.807) is 0 Å². The third-order valence-electron chi connectivity index (χ3n) is 2.91. The Balaban J connectivity index is 1.97. The minimum atomic E-state index is -4.55. The van der Waals surface area contributed by atoms with Crippen molar-refractivity contribution in [1.29, 1.82) is 0 Å². The molecule has 1 aromatic heterocycles. The summed E-state index contributed by atoms with van der Waals surface area (Å²) in [5.41, 5.74) is -1.11. The van der Waals surface area contributed by atoms with Gasteiger partial charge in [0.25, 0.3) is 11.1 Å². The molecule has 0 spiro atoms. The van der Waals surface area contributed by atoms with Crippen LogP contribution in [0.15, 0.2) is 33.9 Å². The van der Waals surface area contributed by atoms with E-state index in [0.29, 0.717) is 0 Å². The number of halogens is 3. The zero-order valence-corrected chi connectivity index (χ0v) is 13.5. The lowest BCUT2D eigenvalue weighted by atomic mass is 10.1. The number of alkyl halides is 3. The summed E-state index contributed by atoms with van der Waals surface area (Å²) >= 11 is 0.768. The van der Waals surface area contributed by atoms with Crippen molar-refractivity contribution in [2.24, 2.45) is 0 Å². The molecule has 1 N–H and O–H groups in total. The molecule has 0 aliphatic carbocycles. The van der Waals surface area contributed by atoms with Gasteiger partial charge in [0.1, 0.15) is 0 Å². The van der Waals surface area contributed by atoms with Crippen LogP contribution in [0.3, 0.4) is 0 Å². The van der Waals surface area contributed by atoms with Crippen molar-refractivity contribution in [1.82, 2.24) is 15.5 Å². The predicted octanol–water partition coefficient (Wildman–Crippen LogP) is 1.25. The third kappa shape index (κ3) is 5.21. The largest absolute Gasteiger partial charge is 0.549 e. The molecular weight excluding hydrogens is 363 g/mol. The first-order chi connectivity index (χ1) is 11.7. The van der Waals surface area contributed by atoms with Gasteiger partial charge in [0.05, 0.1) is 23.3 Å². The van der Waals surface area contributed by atoms with E-state index in [2.05, 4.69) is 15.5 Å². The summed E-state index contributed by atoms with van der Waals surface area (Å²) in [6.45, 7) is 1.15. The van der Waals surface area contributed by atoms with Gasteiger partial charge in [0.15, 0.2) is 0 Å². The summed E-state index contributed by atoms with van der Waals surface area (Å²) in [4.78, 5) is 22.5. The first-order valence-electron chi connectivity index (χ1n) is 6.82. The Labute approximate surface area is 143 Å². The molecule has 25 heavy (non-hydrogen) atoms. The molecule has 1 aromatic carbocycles. The number of aliphatic carboxylic acids is 1. The maximum Gasteiger partial charge on any atom is 0.416 e. The molecule has 0 saturated heterocycles. The molecule has 1 atom stereocenters. The van der Waals surface area contributed by atoms with Crippen molar-refractivity contribution in [2.45, 2.75) is 30.1 Å². The second-order valence-corrected chi connectivity index (χ2v) is 6.09. The van der Waals surface area contributed by atoms with Crippen LogP contribution in [0.1, 0.15) is 28.7 Å². The fraction of sp³-hybridized carbons (Fsp3) is 0.286. The van der Waals surface area contributed by atoms with E-state index in [9.17, 15) is 27.9 Å². The van der Waals surface area contributed by atoms with E-state index in [4.69, 9.17) is 4.42 Å². The number of carboxylic acid groups (broad SMARTS) is 1. The van der Waals surface area contributed by atoms with Crippen molar-refractivity contribution in [3.63, 3.8) is 0 Å². The second kappa shape index (κ2) is 7.55. The van der Waals surface area contributed by atoms with E-state index in [1.807, 2.05) is 0 Å². The molecule has 1 amide bonds. The number of aromatic nitrogens is 2. The lowest BCUT2D eigenvalue weighted by Crippen LogP contribution is -2.31. The number of nitrogens with zero attached hydrogens (tertiary/aromatic N) is 2. The van der Waals surface area contributed by atoms with Crippen LogP contribution in [0.4, 0.5) is 13.2 Å². The number of carboxylic acids is 1. The lowest BCUT2D eigenvalue weighted by molar-refractivity contribution is -0.304. The maximum atomic E-state index is 12.6. The van der Waals surface area contributed by atoms with E-state index in [1.165, 1.54) is 13.0 Å². The highest BCUT2D eigenvalue weighted by atomic mass is 32.2. The smallest absolute Gasteiger partial charge is 0.416 e. The molecule has 2 rings (SSSR count). The normalized spacial score (nSPS) is 12.6. The number of hydrogen-bond acceptors (Lipinski definition) is 7. The number of amides is 1. The number of hydrogen-bond donors (Lipinski definition) is 1. The van der Waals surface area contributed by atoms with Gasteiger partial charge in [-0.2, -0.15) is 13.2 Å². The molecule has 0 bridgehead atoms. The standard InChI is InChI=1S/C14H12F3N3O4S/c1-7(12(22)23)25-13-20-19-10(24-13)6-18-11(21)8-3-2-4-9(5-8)14(15,16)17/h2-5,7H,6H2,1H3,(H,18,21)(H,22,23)/p-1/t7-/m0/s1. The summed E-state index contributed by atoms with van der Waals surface area (Å²) in [7, 11) is 0. The molecule has 2 aromatic rings. The van der Waals surface area contributed by atoms with E-state index < -0.39 is 28.9 Å². The average Bonchev–Trinajstić information content (AvgIpc) is 2.99. The van der Waals surface area contributed by atoms with Crippen LogP contribution < -0.4 is 10.4 Å². The molecule has 0 aliphatic heterocycles. The highest BCUT2D eigenvalue weighted by molar-refractivity contribution is 8.00. The van der Waals surface area contributed by atoms with Gasteiger partial charge < -0.3 is 19.6 Å². The number of carbonyl (C=O) groups excluding carboxylic acids is 2. The molecule has 11 heteroatoms. The van der Waals surface area contributed by atoms with Gasteiger partial charge in [-0.25, -0.2) is 0 Å². The van der Waals surface area contributed by atoms with Gasteiger partial charge in [0, 0.05) is 5.56 Å². The first-order valence-corrected chi connectivity index (χ1v) is 7.70. The fourth-order valence-corrected chi connectivity index (χ4v) is 2.28. The summed E-state index contributed by atoms with van der Waals surface area (Å²) in [6, 6.07) is 3.95. The fourth-order valence-electron chi connectivity index (χ4n) is 1.65. The summed E-state index contributed by atoms with van der Waals surface area (Å²) in [6.07, 6.45) is -4.55. The Morgan fingerprint density at radius 2 is 2.08 bits per heavy atom. The molecule has 1 heterocycles. The van der Waals surface area contributed by atoms with E-state index in [0.717, 1.165) is 30.0 Å². The van der Waals surface area contributed by atoms with Gasteiger partial charge in [-0.3, -0.25) is 4.79 Å². The molecule has 134 valence electrons. The highest BCUT2D eigenvalue weighted by Gasteiger charge is 2.30. The van der Waals surface area contributed by atoms with Crippen molar-refractivity contribution in [3.05, 3.63) is 41.3 Å². The van der Waals surface area contributed by atoms with Gasteiger partial charge in [0.2, 0.25) is 5.89 Å². The number of nitrogens with one attached hydrogen (secondary N) is 1. The van der Waals surface area contributed by atoms with Crippen molar-refractivity contribution in [2.75, 3.05) is 0 Å². The quantitative estimate of drug-likeness (QED) is 0.758. The number of thioether (sulfide) groups is 1. The van der Waals surface area contributed by atoms with Gasteiger partial charge in [-0.05, 0) is 25.1 Å². The van der Waals surface area contributed by atoms with Crippen LogP contribution >= 0.6 is 11.8 Å². The summed E-state index contributed by atoms with van der Waals surface area (Å²) in [5, 5.41) is 19.2. The summed E-state index contributed by atoms with van der Waals surface area (Å²) < 4.78 is 43.0. The first kappa shape index (κ1) is 18.8. The van der Waals surface area contributed by atoms with Crippen molar-refractivity contribution < 1.29 is 32.3 Å². The molecule has 7 nitrogen and oxygen atoms in total. The number of benzene rings is 1. The molecule has 0 saturated carbocycles. The minimum absolute atomic E-state index is 0.0200. The predicted molar refractivity (Wildman–Crippen MR) is 77.2 cm³/mol. The Bertz CT molecular complexity index is 779. The lowest BCUT2D eigenvalue weighted by Gasteiger charge is -2.08. The Morgan fingerprint density at radius 1 is 1.36 bits per heavy atom. The summed E-state index contributed by atoms with van der Waals surface area (Å²) in [5.74, 6) is -2.07. The topological polar surface area (TPSA) is 108 Å². The third-order valence-corrected chi connectivity index (χ3v) is 3.82. The Hall–Kier alpha value is -2.56. The van der Waals surface area contributed by atoms with Crippen molar-refractivity contribution >= 4 is 23.6 Å². The Morgan fingerprint density at radius 3 is 2.72 bits per heavy atom. The second-order valence-electron chi connectivity index (χ2n) is 4.80. The van der Waals surface area contributed by atoms with Crippen LogP contribution in [-0.4, -0.2) is 27.3 Å². The van der Waals surface area contributed by atoms with Crippen LogP contribution in [0.5, 0.6) is 0 Å². The van der Waals surface area contributed by atoms with Gasteiger partial charge >= 0.3 is 6.18 Å². The molecular formula is C14H11F3N3O4S-. The molecule has 0 unspecified atom stereocenters. The SMILES string of the molecule is C[C@H](Sc1nnc(CNC(=O)c2cccc(C(F)(F)F)c2)o1)C(=O)[O-]. The Kier molecular flexibility index (Phi) is 5.67. The number of rotatable bonds is 6. The van der Waals surface area contributed by atoms with Crippen LogP contribution in [0.2, 0.25) is 0 Å². The van der Waals surface area contributed by atoms with Crippen LogP contribution in [-0.2, 0) is 17.5 Å². The van der Waals surface area contributed by atoms with Crippen LogP contribution in [0.25, 0.3) is 0 Å². The van der Waals surface area contributed by atoms with E-state index >= 15 is 0 Å².